The van der Waals surface area contributed by atoms with Gasteiger partial charge < -0.3 is 4.42 Å². The van der Waals surface area contributed by atoms with Crippen LogP contribution in [-0.2, 0) is 0 Å². The quantitative estimate of drug-likeness (QED) is 0.544. The molecule has 0 aliphatic rings. The van der Waals surface area contributed by atoms with Gasteiger partial charge in [-0.15, -0.1) is 0 Å². The van der Waals surface area contributed by atoms with Gasteiger partial charge in [-0.1, -0.05) is 54.4 Å². The van der Waals surface area contributed by atoms with Crippen LogP contribution in [-0.4, -0.2) is 13.1 Å². The van der Waals surface area contributed by atoms with E-state index in [2.05, 4.69) is 24.6 Å². The van der Waals surface area contributed by atoms with Crippen molar-refractivity contribution in [3.63, 3.8) is 0 Å². The SMILES string of the molecule is C[Si](C)(C)c1c(Cl)oc2c(Cl)c(Cl)c(Cl)nc12. The van der Waals surface area contributed by atoms with Crippen molar-refractivity contribution in [3.05, 3.63) is 20.4 Å². The molecule has 0 bridgehead atoms. The van der Waals surface area contributed by atoms with Gasteiger partial charge in [0.15, 0.2) is 10.8 Å². The van der Waals surface area contributed by atoms with E-state index in [1.54, 1.807) is 0 Å². The molecule has 0 aliphatic carbocycles. The van der Waals surface area contributed by atoms with E-state index in [0.717, 1.165) is 5.19 Å². The first-order valence-corrected chi connectivity index (χ1v) is 9.87. The first-order chi connectivity index (χ1) is 7.73. The lowest BCUT2D eigenvalue weighted by molar-refractivity contribution is 0.620. The van der Waals surface area contributed by atoms with Crippen molar-refractivity contribution >= 4 is 70.8 Å². The first kappa shape index (κ1) is 13.5. The summed E-state index contributed by atoms with van der Waals surface area (Å²) >= 11 is 24.0. The Labute approximate surface area is 120 Å². The molecule has 0 spiro atoms. The lowest BCUT2D eigenvalue weighted by Crippen LogP contribution is -2.38. The minimum atomic E-state index is -1.70. The highest BCUT2D eigenvalue weighted by Crippen LogP contribution is 2.37. The molecule has 7 heteroatoms. The molecule has 2 aromatic rings. The molecule has 0 saturated carbocycles. The molecule has 0 fully saturated rings. The van der Waals surface area contributed by atoms with Crippen LogP contribution in [0, 0.1) is 0 Å². The summed E-state index contributed by atoms with van der Waals surface area (Å²) in [4.78, 5) is 4.23. The average Bonchev–Trinajstić information content (AvgIpc) is 2.51. The standard InChI is InChI=1S/C10H9Cl4NOSi/c1-17(2,3)8-6-7(16-10(8)14)4(11)5(12)9(13)15-6/h1-3H3. The van der Waals surface area contributed by atoms with Crippen molar-refractivity contribution < 1.29 is 4.42 Å². The highest BCUT2D eigenvalue weighted by atomic mass is 35.5. The number of furan rings is 1. The van der Waals surface area contributed by atoms with Gasteiger partial charge in [-0.2, -0.15) is 0 Å². The fourth-order valence-corrected chi connectivity index (χ4v) is 4.75. The number of halogens is 4. The molecule has 0 N–H and O–H groups in total. The maximum absolute atomic E-state index is 6.11. The topological polar surface area (TPSA) is 26.0 Å². The minimum absolute atomic E-state index is 0.168. The molecule has 0 saturated heterocycles. The van der Waals surface area contributed by atoms with E-state index in [1.807, 2.05) is 0 Å². The van der Waals surface area contributed by atoms with E-state index in [4.69, 9.17) is 50.8 Å². The van der Waals surface area contributed by atoms with Crippen LogP contribution >= 0.6 is 46.4 Å². The summed E-state index contributed by atoms with van der Waals surface area (Å²) in [5.41, 5.74) is 1.03. The molecule has 2 rings (SSSR count). The molecule has 0 atom stereocenters. The molecule has 0 radical (unpaired) electrons. The second kappa shape index (κ2) is 4.32. The van der Waals surface area contributed by atoms with E-state index < -0.39 is 8.07 Å². The largest absolute Gasteiger partial charge is 0.441 e. The smallest absolute Gasteiger partial charge is 0.195 e. The van der Waals surface area contributed by atoms with Crippen molar-refractivity contribution in [1.29, 1.82) is 0 Å². The van der Waals surface area contributed by atoms with Crippen LogP contribution in [0.5, 0.6) is 0 Å². The second-order valence-corrected chi connectivity index (χ2v) is 11.2. The van der Waals surface area contributed by atoms with E-state index in [-0.39, 0.29) is 15.2 Å². The Kier molecular flexibility index (Phi) is 3.43. The molecule has 0 aliphatic heterocycles. The fourth-order valence-electron chi connectivity index (χ4n) is 1.64. The molecule has 0 unspecified atom stereocenters. The number of hydrogen-bond donors (Lipinski definition) is 0. The summed E-state index contributed by atoms with van der Waals surface area (Å²) in [6.07, 6.45) is 0. The maximum Gasteiger partial charge on any atom is 0.195 e. The van der Waals surface area contributed by atoms with Crippen molar-refractivity contribution in [2.45, 2.75) is 19.6 Å². The van der Waals surface area contributed by atoms with Crippen LogP contribution in [0.1, 0.15) is 0 Å². The summed E-state index contributed by atoms with van der Waals surface area (Å²) in [5, 5.41) is 1.85. The average molecular weight is 329 g/mol. The number of rotatable bonds is 1. The number of fused-ring (bicyclic) bond motifs is 1. The molecule has 17 heavy (non-hydrogen) atoms. The zero-order valence-corrected chi connectivity index (χ0v) is 13.4. The molecular weight excluding hydrogens is 320 g/mol. The van der Waals surface area contributed by atoms with Crippen molar-refractivity contribution in [3.8, 4) is 0 Å². The van der Waals surface area contributed by atoms with Crippen LogP contribution in [0.3, 0.4) is 0 Å². The predicted molar refractivity (Wildman–Crippen MR) is 77.0 cm³/mol. The molecule has 92 valence electrons. The van der Waals surface area contributed by atoms with Gasteiger partial charge in [-0.3, -0.25) is 0 Å². The Morgan fingerprint density at radius 3 is 2.12 bits per heavy atom. The van der Waals surface area contributed by atoms with Gasteiger partial charge in [0, 0.05) is 5.19 Å². The Hall–Kier alpha value is 0.0669. The lowest BCUT2D eigenvalue weighted by Gasteiger charge is -2.14. The molecular formula is C10H9Cl4NOSi. The third-order valence-corrected chi connectivity index (χ3v) is 5.96. The third kappa shape index (κ3) is 2.19. The van der Waals surface area contributed by atoms with E-state index in [1.165, 1.54) is 0 Å². The number of aromatic nitrogens is 1. The van der Waals surface area contributed by atoms with E-state index >= 15 is 0 Å². The maximum atomic E-state index is 6.11. The van der Waals surface area contributed by atoms with Crippen molar-refractivity contribution in [1.82, 2.24) is 4.98 Å². The molecule has 2 heterocycles. The lowest BCUT2D eigenvalue weighted by atomic mass is 10.4. The van der Waals surface area contributed by atoms with Crippen LogP contribution in [0.4, 0.5) is 0 Å². The molecule has 0 aromatic carbocycles. The second-order valence-electron chi connectivity index (χ2n) is 4.71. The summed E-state index contributed by atoms with van der Waals surface area (Å²) in [6.45, 7) is 6.42. The monoisotopic (exact) mass is 327 g/mol. The fraction of sp³-hybridized carbons (Fsp3) is 0.300. The van der Waals surface area contributed by atoms with Crippen LogP contribution < -0.4 is 5.19 Å². The first-order valence-electron chi connectivity index (χ1n) is 4.86. The van der Waals surface area contributed by atoms with Gasteiger partial charge in [0.25, 0.3) is 0 Å². The van der Waals surface area contributed by atoms with E-state index in [9.17, 15) is 0 Å². The van der Waals surface area contributed by atoms with Gasteiger partial charge in [0.05, 0.1) is 8.07 Å². The zero-order chi connectivity index (χ0) is 13.0. The Bertz CT molecular complexity index is 603. The molecule has 2 aromatic heterocycles. The van der Waals surface area contributed by atoms with Crippen LogP contribution in [0.2, 0.25) is 40.1 Å². The van der Waals surface area contributed by atoms with E-state index in [0.29, 0.717) is 16.3 Å². The number of pyridine rings is 1. The highest BCUT2D eigenvalue weighted by Gasteiger charge is 2.29. The number of hydrogen-bond acceptors (Lipinski definition) is 2. The van der Waals surface area contributed by atoms with Crippen molar-refractivity contribution in [2.24, 2.45) is 0 Å². The zero-order valence-electron chi connectivity index (χ0n) is 9.37. The normalized spacial score (nSPS) is 12.4. The third-order valence-electron chi connectivity index (χ3n) is 2.37. The summed E-state index contributed by atoms with van der Waals surface area (Å²) in [6, 6.07) is 0. The summed E-state index contributed by atoms with van der Waals surface area (Å²) in [5.74, 6) is 0. The van der Waals surface area contributed by atoms with Gasteiger partial charge in [0.2, 0.25) is 0 Å². The van der Waals surface area contributed by atoms with Crippen LogP contribution in [0.15, 0.2) is 4.42 Å². The predicted octanol–water partition coefficient (Wildman–Crippen LogP) is 4.99. The Morgan fingerprint density at radius 2 is 1.59 bits per heavy atom. The van der Waals surface area contributed by atoms with Gasteiger partial charge >= 0.3 is 0 Å². The van der Waals surface area contributed by atoms with Gasteiger partial charge in [0.1, 0.15) is 20.7 Å². The van der Waals surface area contributed by atoms with Gasteiger partial charge in [-0.05, 0) is 11.6 Å². The minimum Gasteiger partial charge on any atom is -0.441 e. The summed E-state index contributed by atoms with van der Waals surface area (Å²) in [7, 11) is -1.70. The van der Waals surface area contributed by atoms with Gasteiger partial charge in [-0.25, -0.2) is 4.98 Å². The highest BCUT2D eigenvalue weighted by molar-refractivity contribution is 6.91. The number of nitrogens with zero attached hydrogens (tertiary/aromatic N) is 1. The molecule has 2 nitrogen and oxygen atoms in total. The van der Waals surface area contributed by atoms with Crippen molar-refractivity contribution in [2.75, 3.05) is 0 Å². The molecule has 0 amide bonds. The Morgan fingerprint density at radius 1 is 1.00 bits per heavy atom. The summed E-state index contributed by atoms with van der Waals surface area (Å²) < 4.78 is 5.45. The van der Waals surface area contributed by atoms with Crippen LogP contribution in [0.25, 0.3) is 11.1 Å². The Balaban J connectivity index is 2.93.